The number of nitrogens with zero attached hydrogens (tertiary/aromatic N) is 1. The average Bonchev–Trinajstić information content (AvgIpc) is 2.10. The van der Waals surface area contributed by atoms with Crippen molar-refractivity contribution < 1.29 is 13.2 Å². The van der Waals surface area contributed by atoms with Crippen LogP contribution >= 0.6 is 0 Å². The van der Waals surface area contributed by atoms with E-state index in [2.05, 4.69) is 10.0 Å². The molecule has 0 radical (unpaired) electrons. The minimum atomic E-state index is -3.28. The zero-order chi connectivity index (χ0) is 11.0. The van der Waals surface area contributed by atoms with Gasteiger partial charge in [0.2, 0.25) is 0 Å². The second-order valence-electron chi connectivity index (χ2n) is 2.92. The van der Waals surface area contributed by atoms with Crippen molar-refractivity contribution in [1.29, 1.82) is 0 Å². The molecular formula is C7H19N3O3S. The number of rotatable bonds is 8. The molecule has 7 heteroatoms. The van der Waals surface area contributed by atoms with E-state index in [9.17, 15) is 8.42 Å². The van der Waals surface area contributed by atoms with Gasteiger partial charge in [-0.3, -0.25) is 0 Å². The fourth-order valence-corrected chi connectivity index (χ4v) is 1.31. The summed E-state index contributed by atoms with van der Waals surface area (Å²) in [6.45, 7) is 2.32. The Hall–Kier alpha value is -0.210. The Balaban J connectivity index is 3.46. The predicted octanol–water partition coefficient (Wildman–Crippen LogP) is -1.38. The molecule has 0 heterocycles. The summed E-state index contributed by atoms with van der Waals surface area (Å²) in [6, 6.07) is 0. The van der Waals surface area contributed by atoms with Crippen LogP contribution in [0.15, 0.2) is 0 Å². The number of ether oxygens (including phenoxy) is 1. The Bertz CT molecular complexity index is 228. The molecule has 0 fully saturated rings. The third kappa shape index (κ3) is 6.28. The van der Waals surface area contributed by atoms with Crippen molar-refractivity contribution in [3.63, 3.8) is 0 Å². The second kappa shape index (κ2) is 7.13. The van der Waals surface area contributed by atoms with Crippen LogP contribution in [0.3, 0.4) is 0 Å². The molecular weight excluding hydrogens is 206 g/mol. The summed E-state index contributed by atoms with van der Waals surface area (Å²) >= 11 is 0. The summed E-state index contributed by atoms with van der Waals surface area (Å²) in [7, 11) is 1.32. The monoisotopic (exact) mass is 225 g/mol. The molecule has 86 valence electrons. The van der Waals surface area contributed by atoms with Gasteiger partial charge in [-0.05, 0) is 0 Å². The number of methoxy groups -OCH3 is 1. The van der Waals surface area contributed by atoms with Gasteiger partial charge in [0.1, 0.15) is 0 Å². The number of nitrogens with one attached hydrogen (secondary N) is 2. The Labute approximate surface area is 85.8 Å². The average molecular weight is 225 g/mol. The predicted molar refractivity (Wildman–Crippen MR) is 55.4 cm³/mol. The maximum absolute atomic E-state index is 11.2. The lowest BCUT2D eigenvalue weighted by Crippen LogP contribution is -2.39. The summed E-state index contributed by atoms with van der Waals surface area (Å²) in [5.74, 6) is 0. The molecule has 0 saturated carbocycles. The molecule has 0 atom stereocenters. The Morgan fingerprint density at radius 1 is 1.21 bits per heavy atom. The van der Waals surface area contributed by atoms with Gasteiger partial charge in [-0.15, -0.1) is 0 Å². The highest BCUT2D eigenvalue weighted by Gasteiger charge is 2.10. The van der Waals surface area contributed by atoms with Crippen LogP contribution in [0.1, 0.15) is 0 Å². The smallest absolute Gasteiger partial charge is 0.278 e. The summed E-state index contributed by atoms with van der Waals surface area (Å²) in [6.07, 6.45) is 0. The van der Waals surface area contributed by atoms with E-state index >= 15 is 0 Å². The fraction of sp³-hybridized carbons (Fsp3) is 1.00. The second-order valence-corrected chi connectivity index (χ2v) is 4.89. The van der Waals surface area contributed by atoms with Crippen molar-refractivity contribution in [3.8, 4) is 0 Å². The minimum absolute atomic E-state index is 0.379. The van der Waals surface area contributed by atoms with Gasteiger partial charge >= 0.3 is 0 Å². The molecule has 6 nitrogen and oxygen atoms in total. The molecule has 0 aliphatic carbocycles. The highest BCUT2D eigenvalue weighted by Crippen LogP contribution is 1.85. The molecule has 0 spiro atoms. The van der Waals surface area contributed by atoms with Gasteiger partial charge in [0, 0.05) is 40.8 Å². The highest BCUT2D eigenvalue weighted by atomic mass is 32.2. The molecule has 14 heavy (non-hydrogen) atoms. The molecule has 0 aliphatic heterocycles. The van der Waals surface area contributed by atoms with Crippen molar-refractivity contribution in [2.75, 3.05) is 47.4 Å². The van der Waals surface area contributed by atoms with Crippen LogP contribution in [-0.4, -0.2) is 60.2 Å². The maximum atomic E-state index is 11.2. The molecule has 0 unspecified atom stereocenters. The van der Waals surface area contributed by atoms with Crippen LogP contribution in [0.2, 0.25) is 0 Å². The van der Waals surface area contributed by atoms with E-state index in [1.165, 1.54) is 14.1 Å². The quantitative estimate of drug-likeness (QED) is 0.499. The Morgan fingerprint density at radius 3 is 2.36 bits per heavy atom. The summed E-state index contributed by atoms with van der Waals surface area (Å²) in [5.41, 5.74) is 0. The van der Waals surface area contributed by atoms with E-state index in [0.717, 1.165) is 10.8 Å². The van der Waals surface area contributed by atoms with Crippen LogP contribution in [0.25, 0.3) is 0 Å². The van der Waals surface area contributed by atoms with Gasteiger partial charge in [0.15, 0.2) is 0 Å². The van der Waals surface area contributed by atoms with Crippen LogP contribution in [-0.2, 0) is 14.9 Å². The third-order valence-corrected chi connectivity index (χ3v) is 3.08. The minimum Gasteiger partial charge on any atom is -0.383 e. The first-order valence-corrected chi connectivity index (χ1v) is 5.81. The number of hydrogen-bond acceptors (Lipinski definition) is 4. The van der Waals surface area contributed by atoms with Crippen LogP contribution in [0, 0.1) is 0 Å². The molecule has 0 bridgehead atoms. The molecule has 0 aromatic heterocycles. The lowest BCUT2D eigenvalue weighted by molar-refractivity contribution is 0.199. The van der Waals surface area contributed by atoms with E-state index in [4.69, 9.17) is 4.74 Å². The first kappa shape index (κ1) is 13.8. The third-order valence-electron chi connectivity index (χ3n) is 1.55. The SMILES string of the molecule is COCCNCCNS(=O)(=O)N(C)C. The van der Waals surface area contributed by atoms with Gasteiger partial charge < -0.3 is 10.1 Å². The summed E-state index contributed by atoms with van der Waals surface area (Å²) < 4.78 is 30.8. The van der Waals surface area contributed by atoms with Crippen molar-refractivity contribution >= 4 is 10.2 Å². The normalized spacial score (nSPS) is 12.3. The molecule has 0 amide bonds. The molecule has 0 rings (SSSR count). The van der Waals surface area contributed by atoms with Crippen molar-refractivity contribution in [2.24, 2.45) is 0 Å². The van der Waals surface area contributed by atoms with E-state index < -0.39 is 10.2 Å². The Morgan fingerprint density at radius 2 is 1.86 bits per heavy atom. The zero-order valence-corrected chi connectivity index (χ0v) is 9.73. The lowest BCUT2D eigenvalue weighted by atomic mass is 10.6. The number of hydrogen-bond donors (Lipinski definition) is 2. The van der Waals surface area contributed by atoms with Crippen molar-refractivity contribution in [3.05, 3.63) is 0 Å². The van der Waals surface area contributed by atoms with Crippen LogP contribution in [0.5, 0.6) is 0 Å². The fourth-order valence-electron chi connectivity index (χ4n) is 0.697. The Kier molecular flexibility index (Phi) is 7.02. The summed E-state index contributed by atoms with van der Waals surface area (Å²) in [5, 5.41) is 3.03. The summed E-state index contributed by atoms with van der Waals surface area (Å²) in [4.78, 5) is 0. The first-order chi connectivity index (χ1) is 6.50. The zero-order valence-electron chi connectivity index (χ0n) is 8.91. The van der Waals surface area contributed by atoms with Gasteiger partial charge in [-0.25, -0.2) is 4.72 Å². The van der Waals surface area contributed by atoms with Gasteiger partial charge in [-0.1, -0.05) is 0 Å². The topological polar surface area (TPSA) is 70.7 Å². The molecule has 0 aliphatic rings. The molecule has 0 aromatic rings. The first-order valence-electron chi connectivity index (χ1n) is 4.37. The lowest BCUT2D eigenvalue weighted by Gasteiger charge is -2.12. The van der Waals surface area contributed by atoms with Crippen molar-refractivity contribution in [1.82, 2.24) is 14.3 Å². The highest BCUT2D eigenvalue weighted by molar-refractivity contribution is 7.87. The molecule has 0 saturated heterocycles. The van der Waals surface area contributed by atoms with Crippen molar-refractivity contribution in [2.45, 2.75) is 0 Å². The van der Waals surface area contributed by atoms with E-state index in [1.807, 2.05) is 0 Å². The van der Waals surface area contributed by atoms with Gasteiger partial charge in [0.25, 0.3) is 10.2 Å². The maximum Gasteiger partial charge on any atom is 0.278 e. The van der Waals surface area contributed by atoms with Crippen LogP contribution in [0.4, 0.5) is 0 Å². The molecule has 0 aromatic carbocycles. The van der Waals surface area contributed by atoms with Crippen LogP contribution < -0.4 is 10.0 Å². The standard InChI is InChI=1S/C7H19N3O3S/c1-10(2)14(11,12)9-5-4-8-6-7-13-3/h8-9H,4-7H2,1-3H3. The van der Waals surface area contributed by atoms with E-state index in [1.54, 1.807) is 7.11 Å². The van der Waals surface area contributed by atoms with E-state index in [-0.39, 0.29) is 0 Å². The van der Waals surface area contributed by atoms with E-state index in [0.29, 0.717) is 19.7 Å². The largest absolute Gasteiger partial charge is 0.383 e. The van der Waals surface area contributed by atoms with Gasteiger partial charge in [0.05, 0.1) is 6.61 Å². The van der Waals surface area contributed by atoms with Gasteiger partial charge in [-0.2, -0.15) is 12.7 Å². The molecule has 2 N–H and O–H groups in total.